The van der Waals surface area contributed by atoms with Crippen molar-refractivity contribution in [2.45, 2.75) is 43.7 Å². The monoisotopic (exact) mass is 318 g/mol. The van der Waals surface area contributed by atoms with Crippen LogP contribution in [0, 0.1) is 0 Å². The smallest absolute Gasteiger partial charge is 0.373 e. The first-order chi connectivity index (χ1) is 10.3. The number of hydrogen-bond donors (Lipinski definition) is 5. The summed E-state index contributed by atoms with van der Waals surface area (Å²) in [7, 11) is 1.15. The van der Waals surface area contributed by atoms with Crippen molar-refractivity contribution < 1.29 is 34.4 Å². The average molecular weight is 318 g/mol. The Labute approximate surface area is 127 Å². The topological polar surface area (TPSA) is 151 Å². The Morgan fingerprint density at radius 3 is 2.64 bits per heavy atom. The van der Waals surface area contributed by atoms with Crippen molar-refractivity contribution in [2.75, 3.05) is 13.7 Å². The molecule has 9 heteroatoms. The molecule has 1 amide bonds. The number of carbonyl (C=O) groups is 2. The zero-order valence-corrected chi connectivity index (χ0v) is 12.4. The number of ether oxygens (including phenoxy) is 2. The van der Waals surface area contributed by atoms with E-state index in [9.17, 15) is 19.8 Å². The molecule has 9 nitrogen and oxygen atoms in total. The van der Waals surface area contributed by atoms with Crippen LogP contribution < -0.4 is 11.1 Å². The molecule has 0 spiro atoms. The molecule has 0 aliphatic carbocycles. The molecule has 0 aromatic carbocycles. The molecular weight excluding hydrogens is 296 g/mol. The molecule has 0 bridgehead atoms. The lowest BCUT2D eigenvalue weighted by Gasteiger charge is -2.38. The normalized spacial score (nSPS) is 27.2. The molecule has 0 fully saturated rings. The number of hydrogen-bond acceptors (Lipinski definition) is 8. The lowest BCUT2D eigenvalue weighted by Crippen LogP contribution is -2.62. The fourth-order valence-electron chi connectivity index (χ4n) is 2.05. The van der Waals surface area contributed by atoms with Gasteiger partial charge < -0.3 is 35.8 Å². The van der Waals surface area contributed by atoms with Gasteiger partial charge >= 0.3 is 5.97 Å². The number of aliphatic hydroxyl groups is 3. The highest BCUT2D eigenvalue weighted by Crippen LogP contribution is 2.22. The molecule has 0 radical (unpaired) electrons. The van der Waals surface area contributed by atoms with Gasteiger partial charge in [0.05, 0.1) is 25.8 Å². The Kier molecular flexibility index (Phi) is 6.75. The fraction of sp³-hybridized carbons (Fsp3) is 0.692. The maximum atomic E-state index is 11.6. The minimum Gasteiger partial charge on any atom is -0.478 e. The van der Waals surface area contributed by atoms with Gasteiger partial charge in [-0.15, -0.1) is 0 Å². The van der Waals surface area contributed by atoms with Crippen molar-refractivity contribution in [1.82, 2.24) is 5.32 Å². The number of methoxy groups -OCH3 is 1. The van der Waals surface area contributed by atoms with E-state index < -0.39 is 43.0 Å². The van der Waals surface area contributed by atoms with Crippen LogP contribution in [0.4, 0.5) is 0 Å². The van der Waals surface area contributed by atoms with Gasteiger partial charge in [-0.2, -0.15) is 0 Å². The number of nitrogens with one attached hydrogen (secondary N) is 1. The van der Waals surface area contributed by atoms with Crippen LogP contribution in [0.15, 0.2) is 11.8 Å². The molecule has 1 aliphatic rings. The minimum atomic E-state index is -1.56. The second-order valence-electron chi connectivity index (χ2n) is 4.87. The number of esters is 1. The highest BCUT2D eigenvalue weighted by atomic mass is 16.6. The predicted octanol–water partition coefficient (Wildman–Crippen LogP) is -2.62. The lowest BCUT2D eigenvalue weighted by atomic mass is 9.92. The maximum absolute atomic E-state index is 11.6. The molecule has 0 unspecified atom stereocenters. The fourth-order valence-corrected chi connectivity index (χ4v) is 2.05. The first kappa shape index (κ1) is 18.4. The predicted molar refractivity (Wildman–Crippen MR) is 74.3 cm³/mol. The second-order valence-corrected chi connectivity index (χ2v) is 4.87. The van der Waals surface area contributed by atoms with Crippen molar-refractivity contribution in [3.8, 4) is 0 Å². The largest absolute Gasteiger partial charge is 0.478 e. The number of amides is 1. The van der Waals surface area contributed by atoms with E-state index in [1.165, 1.54) is 6.08 Å². The molecule has 6 N–H and O–H groups in total. The molecule has 5 atom stereocenters. The van der Waals surface area contributed by atoms with E-state index in [0.717, 1.165) is 7.11 Å². The summed E-state index contributed by atoms with van der Waals surface area (Å²) in [5.41, 5.74) is 5.90. The van der Waals surface area contributed by atoms with Crippen LogP contribution in [-0.4, -0.2) is 71.3 Å². The number of aliphatic hydroxyl groups excluding tert-OH is 3. The Balaban J connectivity index is 3.06. The summed E-state index contributed by atoms with van der Waals surface area (Å²) in [5, 5.41) is 31.2. The highest BCUT2D eigenvalue weighted by molar-refractivity contribution is 5.86. The van der Waals surface area contributed by atoms with Gasteiger partial charge in [-0.25, -0.2) is 4.79 Å². The molecule has 1 rings (SSSR count). The van der Waals surface area contributed by atoms with Crippen LogP contribution in [0.2, 0.25) is 0 Å². The Hall–Kier alpha value is -1.68. The molecule has 0 saturated carbocycles. The summed E-state index contributed by atoms with van der Waals surface area (Å²) in [4.78, 5) is 23.1. The number of nitrogens with two attached hydrogens (primary N) is 1. The van der Waals surface area contributed by atoms with E-state index in [1.54, 1.807) is 6.92 Å². The van der Waals surface area contributed by atoms with Crippen molar-refractivity contribution in [2.24, 2.45) is 5.73 Å². The van der Waals surface area contributed by atoms with Gasteiger partial charge in [0.2, 0.25) is 11.7 Å². The standard InChI is InChI=1S/C13H22N2O7/c1-3-9(18)15-10-6(14)4-8(13(20)21-2)22-12(10)11(19)7(17)5-16/h4,6-7,10-12,16-17,19H,3,5,14H2,1-2H3,(H,15,18)/t6-,7+,10+,11+,12+/m0/s1. The quantitative estimate of drug-likeness (QED) is 0.334. The second kappa shape index (κ2) is 8.08. The zero-order valence-electron chi connectivity index (χ0n) is 12.4. The van der Waals surface area contributed by atoms with Crippen LogP contribution in [0.25, 0.3) is 0 Å². The van der Waals surface area contributed by atoms with E-state index >= 15 is 0 Å². The van der Waals surface area contributed by atoms with Gasteiger partial charge in [0.15, 0.2) is 0 Å². The van der Waals surface area contributed by atoms with Gasteiger partial charge in [-0.3, -0.25) is 4.79 Å². The van der Waals surface area contributed by atoms with Crippen molar-refractivity contribution in [3.63, 3.8) is 0 Å². The molecule has 1 aliphatic heterocycles. The van der Waals surface area contributed by atoms with Crippen LogP contribution in [-0.2, 0) is 19.1 Å². The van der Waals surface area contributed by atoms with Gasteiger partial charge in [0.25, 0.3) is 0 Å². The van der Waals surface area contributed by atoms with Gasteiger partial charge in [0.1, 0.15) is 18.3 Å². The number of carbonyl (C=O) groups excluding carboxylic acids is 2. The minimum absolute atomic E-state index is 0.183. The van der Waals surface area contributed by atoms with E-state index in [-0.39, 0.29) is 18.1 Å². The molecule has 0 aromatic heterocycles. The van der Waals surface area contributed by atoms with E-state index in [4.69, 9.17) is 15.6 Å². The summed E-state index contributed by atoms with van der Waals surface area (Å²) in [6.07, 6.45) is -2.85. The van der Waals surface area contributed by atoms with Crippen molar-refractivity contribution >= 4 is 11.9 Å². The highest BCUT2D eigenvalue weighted by Gasteiger charge is 2.42. The third-order valence-electron chi connectivity index (χ3n) is 3.33. The first-order valence-electron chi connectivity index (χ1n) is 6.84. The van der Waals surface area contributed by atoms with Crippen molar-refractivity contribution in [3.05, 3.63) is 11.8 Å². The molecular formula is C13H22N2O7. The summed E-state index contributed by atoms with van der Waals surface area (Å²) >= 11 is 0. The lowest BCUT2D eigenvalue weighted by molar-refractivity contribution is -0.149. The zero-order chi connectivity index (χ0) is 16.9. The summed E-state index contributed by atoms with van der Waals surface area (Å²) in [6, 6.07) is -1.72. The molecule has 126 valence electrons. The summed E-state index contributed by atoms with van der Waals surface area (Å²) in [5.74, 6) is -1.37. The third-order valence-corrected chi connectivity index (χ3v) is 3.33. The number of rotatable bonds is 6. The van der Waals surface area contributed by atoms with E-state index in [2.05, 4.69) is 10.1 Å². The van der Waals surface area contributed by atoms with Crippen molar-refractivity contribution in [1.29, 1.82) is 0 Å². The summed E-state index contributed by atoms with van der Waals surface area (Å²) in [6.45, 7) is 0.913. The summed E-state index contributed by atoms with van der Waals surface area (Å²) < 4.78 is 9.84. The van der Waals surface area contributed by atoms with Crippen LogP contribution >= 0.6 is 0 Å². The van der Waals surface area contributed by atoms with Crippen LogP contribution in [0.3, 0.4) is 0 Å². The van der Waals surface area contributed by atoms with E-state index in [1.807, 2.05) is 0 Å². The van der Waals surface area contributed by atoms with E-state index in [0.29, 0.717) is 0 Å². The average Bonchev–Trinajstić information content (AvgIpc) is 2.53. The van der Waals surface area contributed by atoms with Crippen LogP contribution in [0.1, 0.15) is 13.3 Å². The van der Waals surface area contributed by atoms with Gasteiger partial charge in [0, 0.05) is 6.42 Å². The van der Waals surface area contributed by atoms with Crippen LogP contribution in [0.5, 0.6) is 0 Å². The maximum Gasteiger partial charge on any atom is 0.373 e. The molecule has 1 heterocycles. The SMILES string of the molecule is CCC(=O)N[C@H]1[C@H]([C@H](O)[C@H](O)CO)OC(C(=O)OC)=C[C@@H]1N. The Bertz CT molecular complexity index is 440. The Morgan fingerprint density at radius 2 is 2.14 bits per heavy atom. The first-order valence-corrected chi connectivity index (χ1v) is 6.84. The molecule has 0 saturated heterocycles. The van der Waals surface area contributed by atoms with Gasteiger partial charge in [-0.05, 0) is 6.08 Å². The Morgan fingerprint density at radius 1 is 1.50 bits per heavy atom. The molecule has 0 aromatic rings. The van der Waals surface area contributed by atoms with Gasteiger partial charge in [-0.1, -0.05) is 6.92 Å². The third kappa shape index (κ3) is 4.17. The molecule has 22 heavy (non-hydrogen) atoms.